The Morgan fingerprint density at radius 1 is 1.34 bits per heavy atom. The number of fused-ring (bicyclic) bond motifs is 1. The third-order valence-corrected chi connectivity index (χ3v) is 5.81. The van der Waals surface area contributed by atoms with E-state index in [0.29, 0.717) is 30.0 Å². The fraction of sp³-hybridized carbons (Fsp3) is 0.550. The zero-order valence-electron chi connectivity index (χ0n) is 16.4. The fourth-order valence-electron chi connectivity index (χ4n) is 4.19. The second-order valence-electron chi connectivity index (χ2n) is 8.09. The molecule has 0 spiro atoms. The van der Waals surface area contributed by atoms with E-state index in [1.807, 2.05) is 13.8 Å². The largest absolute Gasteiger partial charge is 0.410 e. The van der Waals surface area contributed by atoms with E-state index < -0.39 is 12.2 Å². The van der Waals surface area contributed by atoms with E-state index in [4.69, 9.17) is 0 Å². The predicted molar refractivity (Wildman–Crippen MR) is 101 cm³/mol. The molecule has 1 N–H and O–H groups in total. The summed E-state index contributed by atoms with van der Waals surface area (Å²) in [6.07, 6.45) is 0.114. The molecular formula is C20H24F3N5O. The molecule has 2 aliphatic heterocycles. The number of amides is 1. The zero-order valence-corrected chi connectivity index (χ0v) is 16.4. The maximum absolute atomic E-state index is 13.7. The van der Waals surface area contributed by atoms with Crippen molar-refractivity contribution in [1.29, 1.82) is 0 Å². The molecule has 0 radical (unpaired) electrons. The van der Waals surface area contributed by atoms with Crippen LogP contribution >= 0.6 is 0 Å². The van der Waals surface area contributed by atoms with E-state index in [1.165, 1.54) is 6.20 Å². The van der Waals surface area contributed by atoms with Gasteiger partial charge in [0.2, 0.25) is 0 Å². The van der Waals surface area contributed by atoms with Crippen molar-refractivity contribution < 1.29 is 18.0 Å². The molecule has 0 unspecified atom stereocenters. The lowest BCUT2D eigenvalue weighted by Gasteiger charge is -2.35. The van der Waals surface area contributed by atoms with Gasteiger partial charge in [0.15, 0.2) is 6.04 Å². The number of alkyl halides is 3. The predicted octanol–water partition coefficient (Wildman–Crippen LogP) is 4.20. The van der Waals surface area contributed by atoms with E-state index in [1.54, 1.807) is 29.3 Å². The van der Waals surface area contributed by atoms with Crippen molar-refractivity contribution in [2.45, 2.75) is 57.4 Å². The third kappa shape index (κ3) is 3.70. The molecule has 2 aromatic heterocycles. The van der Waals surface area contributed by atoms with Gasteiger partial charge in [0.1, 0.15) is 5.82 Å². The van der Waals surface area contributed by atoms with E-state index in [0.717, 1.165) is 11.1 Å². The monoisotopic (exact) mass is 407 g/mol. The standard InChI is InChI=1S/C20H24F3N5O/c1-12(2)14-9-17(20(21,22)23)28-18(25-14)10-15(26-28)16-6-4-8-27(16)19(29)13-5-3-7-24-11-13/h3,5,7,10-12,14,16-17,25H,4,6,8-9H2,1-2H3/t14-,16+,17+/m0/s1. The van der Waals surface area contributed by atoms with Gasteiger partial charge in [0.25, 0.3) is 5.91 Å². The van der Waals surface area contributed by atoms with Crippen molar-refractivity contribution in [3.63, 3.8) is 0 Å². The number of aromatic nitrogens is 3. The lowest BCUT2D eigenvalue weighted by atomic mass is 9.94. The van der Waals surface area contributed by atoms with Gasteiger partial charge in [-0.05, 0) is 37.3 Å². The first kappa shape index (κ1) is 19.7. The van der Waals surface area contributed by atoms with Crippen molar-refractivity contribution in [2.75, 3.05) is 11.9 Å². The highest BCUT2D eigenvalue weighted by Gasteiger charge is 2.47. The minimum Gasteiger partial charge on any atom is -0.367 e. The Bertz CT molecular complexity index is 880. The number of halogens is 3. The lowest BCUT2D eigenvalue weighted by molar-refractivity contribution is -0.174. The Hall–Kier alpha value is -2.58. The summed E-state index contributed by atoms with van der Waals surface area (Å²) in [5, 5.41) is 7.53. The van der Waals surface area contributed by atoms with Crippen LogP contribution in [-0.4, -0.2) is 44.3 Å². The molecule has 1 fully saturated rings. The number of hydrogen-bond donors (Lipinski definition) is 1. The number of rotatable bonds is 3. The van der Waals surface area contributed by atoms with Crippen LogP contribution in [0.15, 0.2) is 30.6 Å². The lowest BCUT2D eigenvalue weighted by Crippen LogP contribution is -2.41. The van der Waals surface area contributed by atoms with Gasteiger partial charge < -0.3 is 10.2 Å². The Balaban J connectivity index is 1.65. The molecule has 2 aliphatic rings. The van der Waals surface area contributed by atoms with Gasteiger partial charge in [-0.1, -0.05) is 13.8 Å². The van der Waals surface area contributed by atoms with Gasteiger partial charge in [-0.15, -0.1) is 0 Å². The molecule has 6 nitrogen and oxygen atoms in total. The minimum atomic E-state index is -4.38. The number of pyridine rings is 1. The molecule has 1 saturated heterocycles. The Labute approximate surface area is 167 Å². The number of nitrogens with one attached hydrogen (secondary N) is 1. The van der Waals surface area contributed by atoms with Crippen LogP contribution in [0.2, 0.25) is 0 Å². The molecular weight excluding hydrogens is 383 g/mol. The quantitative estimate of drug-likeness (QED) is 0.828. The van der Waals surface area contributed by atoms with Crippen molar-refractivity contribution in [1.82, 2.24) is 19.7 Å². The van der Waals surface area contributed by atoms with Crippen LogP contribution < -0.4 is 5.32 Å². The first-order valence-electron chi connectivity index (χ1n) is 9.89. The van der Waals surface area contributed by atoms with Gasteiger partial charge >= 0.3 is 6.18 Å². The first-order valence-corrected chi connectivity index (χ1v) is 9.89. The van der Waals surface area contributed by atoms with Crippen LogP contribution in [0.1, 0.15) is 61.2 Å². The maximum Gasteiger partial charge on any atom is 0.410 e. The van der Waals surface area contributed by atoms with Crippen molar-refractivity contribution >= 4 is 11.7 Å². The number of hydrogen-bond acceptors (Lipinski definition) is 4. The van der Waals surface area contributed by atoms with Crippen molar-refractivity contribution in [3.05, 3.63) is 41.9 Å². The molecule has 0 saturated carbocycles. The van der Waals surface area contributed by atoms with Gasteiger partial charge in [0.05, 0.1) is 17.3 Å². The summed E-state index contributed by atoms with van der Waals surface area (Å²) in [5.74, 6) is 0.252. The highest BCUT2D eigenvalue weighted by Crippen LogP contribution is 2.42. The number of carbonyl (C=O) groups is 1. The average Bonchev–Trinajstić information content (AvgIpc) is 3.32. The highest BCUT2D eigenvalue weighted by atomic mass is 19.4. The molecule has 3 atom stereocenters. The van der Waals surface area contributed by atoms with Crippen molar-refractivity contribution in [2.24, 2.45) is 5.92 Å². The van der Waals surface area contributed by atoms with Gasteiger partial charge in [-0.2, -0.15) is 18.3 Å². The molecule has 0 bridgehead atoms. The van der Waals surface area contributed by atoms with E-state index in [9.17, 15) is 18.0 Å². The van der Waals surface area contributed by atoms with Gasteiger partial charge in [0, 0.05) is 31.0 Å². The van der Waals surface area contributed by atoms with E-state index in [-0.39, 0.29) is 30.3 Å². The normalized spacial score (nSPS) is 24.5. The fourth-order valence-corrected chi connectivity index (χ4v) is 4.19. The molecule has 9 heteroatoms. The SMILES string of the molecule is CC(C)[C@@H]1C[C@H](C(F)(F)F)n2nc([C@H]3CCCN3C(=O)c3cccnc3)cc2N1. The third-order valence-electron chi connectivity index (χ3n) is 5.81. The molecule has 1 amide bonds. The summed E-state index contributed by atoms with van der Waals surface area (Å²) < 4.78 is 42.2. The maximum atomic E-state index is 13.7. The van der Waals surface area contributed by atoms with Crippen LogP contribution in [0.3, 0.4) is 0 Å². The molecule has 156 valence electrons. The summed E-state index contributed by atoms with van der Waals surface area (Å²) in [5.41, 5.74) is 0.968. The molecule has 0 aromatic carbocycles. The van der Waals surface area contributed by atoms with Crippen molar-refractivity contribution in [3.8, 4) is 0 Å². The number of carbonyl (C=O) groups excluding carboxylic acids is 1. The summed E-state index contributed by atoms with van der Waals surface area (Å²) >= 11 is 0. The highest BCUT2D eigenvalue weighted by molar-refractivity contribution is 5.94. The second-order valence-corrected chi connectivity index (χ2v) is 8.09. The topological polar surface area (TPSA) is 63.1 Å². The number of nitrogens with zero attached hydrogens (tertiary/aromatic N) is 4. The van der Waals surface area contributed by atoms with Gasteiger partial charge in [-0.25, -0.2) is 4.68 Å². The summed E-state index contributed by atoms with van der Waals surface area (Å²) in [6.45, 7) is 4.36. The van der Waals surface area contributed by atoms with Crippen LogP contribution in [0.25, 0.3) is 0 Å². The molecule has 29 heavy (non-hydrogen) atoms. The number of likely N-dealkylation sites (tertiary alicyclic amines) is 1. The molecule has 4 heterocycles. The van der Waals surface area contributed by atoms with Crippen LogP contribution in [0.4, 0.5) is 19.0 Å². The Kier molecular flexibility index (Phi) is 5.00. The summed E-state index contributed by atoms with van der Waals surface area (Å²) in [7, 11) is 0. The van der Waals surface area contributed by atoms with E-state index >= 15 is 0 Å². The average molecular weight is 407 g/mol. The summed E-state index contributed by atoms with van der Waals surface area (Å²) in [4.78, 5) is 18.6. The second kappa shape index (κ2) is 7.35. The molecule has 0 aliphatic carbocycles. The van der Waals surface area contributed by atoms with Crippen LogP contribution in [0, 0.1) is 5.92 Å². The zero-order chi connectivity index (χ0) is 20.8. The Morgan fingerprint density at radius 2 is 2.14 bits per heavy atom. The van der Waals surface area contributed by atoms with Crippen LogP contribution in [-0.2, 0) is 0 Å². The molecule has 2 aromatic rings. The Morgan fingerprint density at radius 3 is 2.79 bits per heavy atom. The van der Waals surface area contributed by atoms with Crippen LogP contribution in [0.5, 0.6) is 0 Å². The minimum absolute atomic E-state index is 0.0573. The summed E-state index contributed by atoms with van der Waals surface area (Å²) in [6, 6.07) is 2.77. The van der Waals surface area contributed by atoms with E-state index in [2.05, 4.69) is 15.4 Å². The number of anilines is 1. The van der Waals surface area contributed by atoms with Gasteiger partial charge in [-0.3, -0.25) is 9.78 Å². The first-order chi connectivity index (χ1) is 13.8. The smallest absolute Gasteiger partial charge is 0.367 e. The molecule has 4 rings (SSSR count).